The number of rotatable bonds is 3. The number of nitrogens with two attached hydrogens (primary N) is 1. The predicted octanol–water partition coefficient (Wildman–Crippen LogP) is 2.99. The van der Waals surface area contributed by atoms with Crippen LogP contribution in [0.1, 0.15) is 37.8 Å². The third-order valence-electron chi connectivity index (χ3n) is 3.50. The van der Waals surface area contributed by atoms with Gasteiger partial charge in [0.05, 0.1) is 10.5 Å². The smallest absolute Gasteiger partial charge is 0.223 e. The van der Waals surface area contributed by atoms with Crippen molar-refractivity contribution in [3.8, 4) is 0 Å². The van der Waals surface area contributed by atoms with E-state index in [1.807, 2.05) is 13.0 Å². The molecule has 1 aromatic carbocycles. The van der Waals surface area contributed by atoms with Crippen LogP contribution in [-0.4, -0.2) is 23.4 Å². The lowest BCUT2D eigenvalue weighted by Gasteiger charge is -2.40. The van der Waals surface area contributed by atoms with E-state index in [1.165, 1.54) is 6.07 Å². The fourth-order valence-electron chi connectivity index (χ4n) is 2.61. The highest BCUT2D eigenvalue weighted by Crippen LogP contribution is 2.32. The number of hydrogen-bond donors (Lipinski definition) is 1. The van der Waals surface area contributed by atoms with Crippen LogP contribution in [0.15, 0.2) is 22.7 Å². The van der Waals surface area contributed by atoms with Gasteiger partial charge >= 0.3 is 0 Å². The van der Waals surface area contributed by atoms with E-state index in [9.17, 15) is 9.18 Å². The number of nitrogens with zero attached hydrogens (tertiary/aromatic N) is 1. The normalized spacial score (nSPS) is 23.8. The molecule has 5 heteroatoms. The van der Waals surface area contributed by atoms with Crippen LogP contribution in [0.25, 0.3) is 0 Å². The monoisotopic (exact) mass is 328 g/mol. The summed E-state index contributed by atoms with van der Waals surface area (Å²) in [6.45, 7) is 2.68. The summed E-state index contributed by atoms with van der Waals surface area (Å²) in [6.07, 6.45) is 2.01. The van der Waals surface area contributed by atoms with Gasteiger partial charge in [0.2, 0.25) is 5.91 Å². The van der Waals surface area contributed by atoms with Gasteiger partial charge in [0.25, 0.3) is 0 Å². The van der Waals surface area contributed by atoms with Crippen LogP contribution in [0.4, 0.5) is 4.39 Å². The zero-order chi connectivity index (χ0) is 14.0. The molecule has 0 aliphatic carbocycles. The maximum atomic E-state index is 13.7. The molecule has 2 atom stereocenters. The van der Waals surface area contributed by atoms with Gasteiger partial charge in [-0.15, -0.1) is 0 Å². The van der Waals surface area contributed by atoms with Crippen molar-refractivity contribution >= 4 is 21.8 Å². The molecule has 1 fully saturated rings. The molecule has 0 spiro atoms. The topological polar surface area (TPSA) is 46.3 Å². The highest BCUT2D eigenvalue weighted by Gasteiger charge is 2.34. The maximum absolute atomic E-state index is 13.7. The Kier molecular flexibility index (Phi) is 4.58. The third kappa shape index (κ3) is 2.98. The average molecular weight is 329 g/mol. The van der Waals surface area contributed by atoms with Crippen LogP contribution in [0.3, 0.4) is 0 Å². The fourth-order valence-corrected chi connectivity index (χ4v) is 2.85. The van der Waals surface area contributed by atoms with Gasteiger partial charge in [0.15, 0.2) is 0 Å². The Morgan fingerprint density at radius 3 is 2.89 bits per heavy atom. The Hall–Kier alpha value is -0.940. The lowest BCUT2D eigenvalue weighted by Crippen LogP contribution is -2.49. The number of hydrogen-bond acceptors (Lipinski definition) is 2. The zero-order valence-electron chi connectivity index (χ0n) is 10.9. The molecule has 2 N–H and O–H groups in total. The van der Waals surface area contributed by atoms with Crippen molar-refractivity contribution in [2.45, 2.75) is 38.3 Å². The summed E-state index contributed by atoms with van der Waals surface area (Å²) in [5.74, 6) is -0.212. The molecule has 0 aromatic heterocycles. The van der Waals surface area contributed by atoms with E-state index >= 15 is 0 Å². The molecule has 0 bridgehead atoms. The Labute approximate surface area is 121 Å². The van der Waals surface area contributed by atoms with Crippen molar-refractivity contribution in [2.75, 3.05) is 6.54 Å². The van der Waals surface area contributed by atoms with E-state index in [2.05, 4.69) is 15.9 Å². The van der Waals surface area contributed by atoms with Crippen molar-refractivity contribution in [2.24, 2.45) is 5.73 Å². The summed E-state index contributed by atoms with van der Waals surface area (Å²) in [7, 11) is 0. The van der Waals surface area contributed by atoms with Crippen molar-refractivity contribution in [1.82, 2.24) is 4.90 Å². The maximum Gasteiger partial charge on any atom is 0.223 e. The van der Waals surface area contributed by atoms with Crippen LogP contribution >= 0.6 is 15.9 Å². The minimum absolute atomic E-state index is 0.108. The molecule has 1 aromatic rings. The highest BCUT2D eigenvalue weighted by molar-refractivity contribution is 9.10. The summed E-state index contributed by atoms with van der Waals surface area (Å²) < 4.78 is 14.1. The van der Waals surface area contributed by atoms with Crippen molar-refractivity contribution in [3.05, 3.63) is 34.1 Å². The molecule has 1 amide bonds. The summed E-state index contributed by atoms with van der Waals surface area (Å²) in [4.78, 5) is 13.8. The molecule has 1 heterocycles. The number of carbonyl (C=O) groups excluding carboxylic acids is 1. The number of halogens is 2. The molecule has 104 valence electrons. The van der Waals surface area contributed by atoms with Crippen molar-refractivity contribution in [3.63, 3.8) is 0 Å². The lowest BCUT2D eigenvalue weighted by molar-refractivity contribution is -0.137. The molecule has 3 nitrogen and oxygen atoms in total. The first-order valence-corrected chi connectivity index (χ1v) is 7.34. The number of likely N-dealkylation sites (tertiary alicyclic amines) is 1. The Morgan fingerprint density at radius 2 is 2.26 bits per heavy atom. The molecular formula is C14H18BrFN2O. The first kappa shape index (κ1) is 14.5. The number of amides is 1. The van der Waals surface area contributed by atoms with Gasteiger partial charge in [-0.05, 0) is 46.5 Å². The Morgan fingerprint density at radius 1 is 1.53 bits per heavy atom. The van der Waals surface area contributed by atoms with E-state index in [0.29, 0.717) is 23.9 Å². The van der Waals surface area contributed by atoms with E-state index in [1.54, 1.807) is 11.0 Å². The molecule has 2 rings (SSSR count). The van der Waals surface area contributed by atoms with E-state index in [4.69, 9.17) is 5.73 Å². The average Bonchev–Trinajstić information content (AvgIpc) is 2.38. The predicted molar refractivity (Wildman–Crippen MR) is 76.1 cm³/mol. The summed E-state index contributed by atoms with van der Waals surface area (Å²) in [6, 6.07) is 4.61. The van der Waals surface area contributed by atoms with Crippen LogP contribution in [0, 0.1) is 5.82 Å². The largest absolute Gasteiger partial charge is 0.334 e. The van der Waals surface area contributed by atoms with Gasteiger partial charge < -0.3 is 10.6 Å². The van der Waals surface area contributed by atoms with Gasteiger partial charge in [-0.3, -0.25) is 4.79 Å². The second-order valence-electron chi connectivity index (χ2n) is 4.91. The first-order chi connectivity index (χ1) is 9.04. The van der Waals surface area contributed by atoms with Gasteiger partial charge in [-0.1, -0.05) is 13.0 Å². The molecule has 2 unspecified atom stereocenters. The second kappa shape index (κ2) is 6.01. The molecule has 0 radical (unpaired) electrons. The van der Waals surface area contributed by atoms with E-state index < -0.39 is 0 Å². The minimum atomic E-state index is -0.320. The molecule has 1 aliphatic rings. The fraction of sp³-hybridized carbons (Fsp3) is 0.500. The van der Waals surface area contributed by atoms with Crippen molar-refractivity contribution < 1.29 is 9.18 Å². The Balaban J connectivity index is 2.36. The van der Waals surface area contributed by atoms with Crippen LogP contribution in [0.2, 0.25) is 0 Å². The van der Waals surface area contributed by atoms with Crippen molar-refractivity contribution in [1.29, 1.82) is 0 Å². The van der Waals surface area contributed by atoms with Gasteiger partial charge in [-0.2, -0.15) is 0 Å². The van der Waals surface area contributed by atoms with Crippen LogP contribution < -0.4 is 5.73 Å². The molecule has 1 aliphatic heterocycles. The van der Waals surface area contributed by atoms with E-state index in [0.717, 1.165) is 12.0 Å². The number of carbonyl (C=O) groups is 1. The number of piperidine rings is 1. The Bertz CT molecular complexity index is 481. The van der Waals surface area contributed by atoms with E-state index in [-0.39, 0.29) is 23.8 Å². The van der Waals surface area contributed by atoms with Crippen LogP contribution in [-0.2, 0) is 4.79 Å². The highest BCUT2D eigenvalue weighted by atomic mass is 79.9. The summed E-state index contributed by atoms with van der Waals surface area (Å²) >= 11 is 3.14. The van der Waals surface area contributed by atoms with Gasteiger partial charge in [0, 0.05) is 19.0 Å². The second-order valence-corrected chi connectivity index (χ2v) is 5.76. The minimum Gasteiger partial charge on any atom is -0.334 e. The SMILES string of the molecule is CCCN1C(=O)CCC(N)C1c1ccc(Br)c(F)c1. The molecule has 1 saturated heterocycles. The molecular weight excluding hydrogens is 311 g/mol. The third-order valence-corrected chi connectivity index (χ3v) is 4.15. The summed E-state index contributed by atoms with van der Waals surface area (Å²) in [5.41, 5.74) is 6.93. The van der Waals surface area contributed by atoms with Gasteiger partial charge in [-0.25, -0.2) is 4.39 Å². The zero-order valence-corrected chi connectivity index (χ0v) is 12.5. The number of benzene rings is 1. The molecule has 19 heavy (non-hydrogen) atoms. The standard InChI is InChI=1S/C14H18BrFN2O/c1-2-7-18-13(19)6-5-12(17)14(18)9-3-4-10(15)11(16)8-9/h3-4,8,12,14H,2,5-7,17H2,1H3. The lowest BCUT2D eigenvalue weighted by atomic mass is 9.90. The quantitative estimate of drug-likeness (QED) is 0.927. The summed E-state index contributed by atoms with van der Waals surface area (Å²) in [5, 5.41) is 0. The van der Waals surface area contributed by atoms with Crippen LogP contribution in [0.5, 0.6) is 0 Å². The molecule has 0 saturated carbocycles. The van der Waals surface area contributed by atoms with Gasteiger partial charge in [0.1, 0.15) is 5.82 Å². The first-order valence-electron chi connectivity index (χ1n) is 6.54.